The van der Waals surface area contributed by atoms with Gasteiger partial charge in [-0.05, 0) is 61.3 Å². The molecule has 1 saturated carbocycles. The van der Waals surface area contributed by atoms with Crippen molar-refractivity contribution < 1.29 is 0 Å². The Morgan fingerprint density at radius 2 is 1.58 bits per heavy atom. The highest BCUT2D eigenvalue weighted by Gasteiger charge is 2.31. The lowest BCUT2D eigenvalue weighted by Crippen LogP contribution is -2.42. The summed E-state index contributed by atoms with van der Waals surface area (Å²) >= 11 is 0. The predicted molar refractivity (Wildman–Crippen MR) is 101 cm³/mol. The molecule has 0 aliphatic heterocycles. The highest BCUT2D eigenvalue weighted by atomic mass is 16.2. The Hall–Kier alpha value is -1.90. The van der Waals surface area contributed by atoms with Crippen LogP contribution < -0.4 is 16.2 Å². The number of nitrogens with one attached hydrogen (secondary N) is 1. The van der Waals surface area contributed by atoms with Crippen molar-refractivity contribution in [2.24, 2.45) is 11.8 Å². The average molecular weight is 325 g/mol. The first-order valence-corrected chi connectivity index (χ1v) is 8.99. The Labute approximate surface area is 143 Å². The molecule has 3 nitrogen and oxygen atoms in total. The molecule has 0 unspecified atom stereocenters. The minimum absolute atomic E-state index is 0.280. The van der Waals surface area contributed by atoms with E-state index in [0.717, 1.165) is 23.1 Å². The Bertz CT molecular complexity index is 842. The molecule has 0 heterocycles. The first kappa shape index (κ1) is 16.9. The van der Waals surface area contributed by atoms with Gasteiger partial charge in [0.1, 0.15) is 0 Å². The monoisotopic (exact) mass is 325 g/mol. The van der Waals surface area contributed by atoms with Gasteiger partial charge >= 0.3 is 0 Å². The van der Waals surface area contributed by atoms with E-state index in [1.54, 1.807) is 0 Å². The molecular formula is C21H27NO2. The molecule has 128 valence electrons. The zero-order valence-electron chi connectivity index (χ0n) is 15.3. The number of hydrogen-bond acceptors (Lipinski definition) is 3. The van der Waals surface area contributed by atoms with Crippen LogP contribution in [0.1, 0.15) is 49.8 Å². The standard InChI is InChI=1S/C21H27NO2/c1-11-7-6-8-17(15(11)5)22-19-18(20(23)21(19)24)16-10-13(3)12(2)9-14(16)4/h9-11,15,17,22H,6-8H2,1-5H3/t11-,15-,17-/m0/s1. The van der Waals surface area contributed by atoms with E-state index in [9.17, 15) is 9.59 Å². The van der Waals surface area contributed by atoms with Gasteiger partial charge in [-0.2, -0.15) is 0 Å². The highest BCUT2D eigenvalue weighted by Crippen LogP contribution is 2.34. The molecule has 1 aliphatic rings. The first-order valence-electron chi connectivity index (χ1n) is 8.99. The van der Waals surface area contributed by atoms with Crippen molar-refractivity contribution in [1.29, 1.82) is 0 Å². The third kappa shape index (κ3) is 2.70. The minimum atomic E-state index is -0.354. The fourth-order valence-corrected chi connectivity index (χ4v) is 3.99. The lowest BCUT2D eigenvalue weighted by atomic mass is 9.77. The molecule has 0 amide bonds. The van der Waals surface area contributed by atoms with Crippen molar-refractivity contribution >= 4 is 5.69 Å². The molecule has 3 atom stereocenters. The molecule has 0 bridgehead atoms. The van der Waals surface area contributed by atoms with Gasteiger partial charge in [-0.15, -0.1) is 0 Å². The van der Waals surface area contributed by atoms with E-state index in [1.165, 1.54) is 18.4 Å². The van der Waals surface area contributed by atoms with Crippen LogP contribution in [-0.4, -0.2) is 6.04 Å². The second kappa shape index (κ2) is 6.19. The average Bonchev–Trinajstić information content (AvgIpc) is 2.55. The topological polar surface area (TPSA) is 46.2 Å². The van der Waals surface area contributed by atoms with Crippen LogP contribution in [0.2, 0.25) is 0 Å². The van der Waals surface area contributed by atoms with Crippen molar-refractivity contribution in [3.05, 3.63) is 49.3 Å². The maximum atomic E-state index is 12.3. The summed E-state index contributed by atoms with van der Waals surface area (Å²) in [4.78, 5) is 24.5. The van der Waals surface area contributed by atoms with Crippen LogP contribution in [0.15, 0.2) is 21.7 Å². The van der Waals surface area contributed by atoms with Gasteiger partial charge in [0.05, 0.1) is 11.3 Å². The highest BCUT2D eigenvalue weighted by molar-refractivity contribution is 5.84. The number of aryl methyl sites for hydroxylation is 3. The lowest BCUT2D eigenvalue weighted by molar-refractivity contribution is 0.253. The summed E-state index contributed by atoms with van der Waals surface area (Å²) < 4.78 is 0. The zero-order chi connectivity index (χ0) is 17.6. The Morgan fingerprint density at radius 1 is 0.917 bits per heavy atom. The van der Waals surface area contributed by atoms with Gasteiger partial charge < -0.3 is 5.32 Å². The van der Waals surface area contributed by atoms with Crippen molar-refractivity contribution in [2.45, 2.75) is 59.9 Å². The van der Waals surface area contributed by atoms with Crippen LogP contribution >= 0.6 is 0 Å². The summed E-state index contributed by atoms with van der Waals surface area (Å²) in [6.07, 6.45) is 3.49. The lowest BCUT2D eigenvalue weighted by Gasteiger charge is -2.35. The van der Waals surface area contributed by atoms with Gasteiger partial charge in [-0.25, -0.2) is 0 Å². The third-order valence-corrected chi connectivity index (χ3v) is 6.06. The summed E-state index contributed by atoms with van der Waals surface area (Å²) in [5, 5.41) is 3.43. The van der Waals surface area contributed by atoms with E-state index in [1.807, 2.05) is 19.9 Å². The van der Waals surface area contributed by atoms with E-state index in [2.05, 4.69) is 32.2 Å². The van der Waals surface area contributed by atoms with Gasteiger partial charge in [0.25, 0.3) is 0 Å². The second-order valence-electron chi connectivity index (χ2n) is 7.68. The fraction of sp³-hybridized carbons (Fsp3) is 0.524. The normalized spacial score (nSPS) is 24.3. The number of anilines is 1. The number of hydrogen-bond donors (Lipinski definition) is 1. The largest absolute Gasteiger partial charge is 0.378 e. The molecule has 2 aromatic rings. The van der Waals surface area contributed by atoms with Crippen LogP contribution in [0, 0.1) is 32.6 Å². The maximum absolute atomic E-state index is 12.3. The second-order valence-corrected chi connectivity index (χ2v) is 7.68. The van der Waals surface area contributed by atoms with E-state index in [0.29, 0.717) is 23.1 Å². The fourth-order valence-electron chi connectivity index (χ4n) is 3.99. The molecule has 1 fully saturated rings. The predicted octanol–water partition coefficient (Wildman–Crippen LogP) is 4.11. The van der Waals surface area contributed by atoms with Gasteiger partial charge in [-0.1, -0.05) is 38.8 Å². The molecule has 3 heteroatoms. The van der Waals surface area contributed by atoms with E-state index < -0.39 is 0 Å². The van der Waals surface area contributed by atoms with Gasteiger partial charge in [0.2, 0.25) is 10.9 Å². The molecular weight excluding hydrogens is 298 g/mol. The Balaban J connectivity index is 1.98. The van der Waals surface area contributed by atoms with Crippen molar-refractivity contribution in [2.75, 3.05) is 5.32 Å². The number of rotatable bonds is 3. The Kier molecular flexibility index (Phi) is 4.37. The zero-order valence-corrected chi connectivity index (χ0v) is 15.3. The molecule has 0 spiro atoms. The van der Waals surface area contributed by atoms with Crippen LogP contribution in [0.3, 0.4) is 0 Å². The quantitative estimate of drug-likeness (QED) is 0.864. The summed E-state index contributed by atoms with van der Waals surface area (Å²) in [7, 11) is 0. The van der Waals surface area contributed by atoms with E-state index >= 15 is 0 Å². The van der Waals surface area contributed by atoms with E-state index in [-0.39, 0.29) is 16.9 Å². The SMILES string of the molecule is Cc1cc(C)c(-c2c(N[C@H]3CCC[C@H](C)[C@@H]3C)c(=O)c2=O)cc1C. The summed E-state index contributed by atoms with van der Waals surface area (Å²) in [5.74, 6) is 1.16. The smallest absolute Gasteiger partial charge is 0.250 e. The Morgan fingerprint density at radius 3 is 2.29 bits per heavy atom. The summed E-state index contributed by atoms with van der Waals surface area (Å²) in [5.41, 5.74) is 4.74. The molecule has 1 N–H and O–H groups in total. The van der Waals surface area contributed by atoms with Crippen LogP contribution in [0.25, 0.3) is 11.1 Å². The first-order chi connectivity index (χ1) is 11.3. The molecule has 0 saturated heterocycles. The minimum Gasteiger partial charge on any atom is -0.378 e. The molecule has 1 aliphatic carbocycles. The van der Waals surface area contributed by atoms with Crippen LogP contribution in [0.4, 0.5) is 5.69 Å². The summed E-state index contributed by atoms with van der Waals surface area (Å²) in [6.45, 7) is 10.6. The van der Waals surface area contributed by atoms with Crippen molar-refractivity contribution in [3.8, 4) is 11.1 Å². The maximum Gasteiger partial charge on any atom is 0.250 e. The van der Waals surface area contributed by atoms with E-state index in [4.69, 9.17) is 0 Å². The van der Waals surface area contributed by atoms with Gasteiger partial charge in [-0.3, -0.25) is 9.59 Å². The molecule has 3 rings (SSSR count). The summed E-state index contributed by atoms with van der Waals surface area (Å²) in [6, 6.07) is 4.41. The van der Waals surface area contributed by atoms with Crippen molar-refractivity contribution in [1.82, 2.24) is 0 Å². The van der Waals surface area contributed by atoms with Crippen LogP contribution in [-0.2, 0) is 0 Å². The van der Waals surface area contributed by atoms with Crippen molar-refractivity contribution in [3.63, 3.8) is 0 Å². The van der Waals surface area contributed by atoms with Gasteiger partial charge in [0.15, 0.2) is 0 Å². The molecule has 0 radical (unpaired) electrons. The van der Waals surface area contributed by atoms with Crippen LogP contribution in [0.5, 0.6) is 0 Å². The number of benzene rings is 1. The molecule has 24 heavy (non-hydrogen) atoms. The molecule has 2 aromatic carbocycles. The van der Waals surface area contributed by atoms with Gasteiger partial charge in [0, 0.05) is 6.04 Å². The third-order valence-electron chi connectivity index (χ3n) is 6.06. The molecule has 0 aromatic heterocycles.